The van der Waals surface area contributed by atoms with Crippen molar-refractivity contribution in [3.8, 4) is 6.07 Å². The number of nitriles is 1. The molecule has 0 bridgehead atoms. The molecule has 0 unspecified atom stereocenters. The molecular formula is C25H23N3O. The van der Waals surface area contributed by atoms with Crippen LogP contribution in [0.4, 0.5) is 11.4 Å². The van der Waals surface area contributed by atoms with E-state index in [1.54, 1.807) is 6.20 Å². The van der Waals surface area contributed by atoms with Gasteiger partial charge in [-0.05, 0) is 48.7 Å². The van der Waals surface area contributed by atoms with E-state index in [1.165, 1.54) is 0 Å². The number of hydrogen-bond acceptors (Lipinski definition) is 3. The van der Waals surface area contributed by atoms with Crippen LogP contribution in [0.5, 0.6) is 0 Å². The lowest BCUT2D eigenvalue weighted by Gasteiger charge is -2.21. The lowest BCUT2D eigenvalue weighted by atomic mass is 10.1. The van der Waals surface area contributed by atoms with E-state index in [1.807, 2.05) is 104 Å². The standard InChI is InChI=1S/C25H23N3O/c1-19-10-9-15-24(20(19)2)27-25(29)22(16-26)18-28(23-13-7-4-8-14-23)17-21-11-5-3-6-12-21/h3-15,18H,17H2,1-2H3,(H,27,29)/b22-18-. The topological polar surface area (TPSA) is 56.1 Å². The van der Waals surface area contributed by atoms with Crippen molar-refractivity contribution in [3.63, 3.8) is 0 Å². The van der Waals surface area contributed by atoms with Gasteiger partial charge < -0.3 is 10.2 Å². The largest absolute Gasteiger partial charge is 0.342 e. The number of aryl methyl sites for hydroxylation is 1. The van der Waals surface area contributed by atoms with Crippen molar-refractivity contribution in [2.75, 3.05) is 10.2 Å². The fourth-order valence-corrected chi connectivity index (χ4v) is 2.98. The first-order valence-electron chi connectivity index (χ1n) is 9.43. The number of para-hydroxylation sites is 1. The van der Waals surface area contributed by atoms with Gasteiger partial charge in [0.1, 0.15) is 11.6 Å². The van der Waals surface area contributed by atoms with Gasteiger partial charge in [-0.1, -0.05) is 60.7 Å². The van der Waals surface area contributed by atoms with Crippen molar-refractivity contribution >= 4 is 17.3 Å². The number of benzene rings is 3. The van der Waals surface area contributed by atoms with Crippen LogP contribution in [0.3, 0.4) is 0 Å². The Labute approximate surface area is 171 Å². The zero-order chi connectivity index (χ0) is 20.6. The monoisotopic (exact) mass is 381 g/mol. The molecule has 0 aliphatic heterocycles. The lowest BCUT2D eigenvalue weighted by molar-refractivity contribution is -0.112. The first kappa shape index (κ1) is 19.9. The van der Waals surface area contributed by atoms with Crippen LogP contribution in [-0.2, 0) is 11.3 Å². The van der Waals surface area contributed by atoms with Crippen LogP contribution in [0, 0.1) is 25.2 Å². The van der Waals surface area contributed by atoms with E-state index >= 15 is 0 Å². The quantitative estimate of drug-likeness (QED) is 0.462. The van der Waals surface area contributed by atoms with Crippen LogP contribution in [0.1, 0.15) is 16.7 Å². The molecule has 3 rings (SSSR count). The Balaban J connectivity index is 1.90. The van der Waals surface area contributed by atoms with Gasteiger partial charge in [0.15, 0.2) is 0 Å². The first-order valence-corrected chi connectivity index (χ1v) is 9.43. The third-order valence-corrected chi connectivity index (χ3v) is 4.79. The molecule has 0 fully saturated rings. The zero-order valence-electron chi connectivity index (χ0n) is 16.6. The maximum atomic E-state index is 12.8. The van der Waals surface area contributed by atoms with Crippen molar-refractivity contribution in [3.05, 3.63) is 107 Å². The smallest absolute Gasteiger partial charge is 0.267 e. The highest BCUT2D eigenvalue weighted by atomic mass is 16.1. The normalized spacial score (nSPS) is 10.9. The van der Waals surface area contributed by atoms with Crippen molar-refractivity contribution in [2.24, 2.45) is 0 Å². The van der Waals surface area contributed by atoms with Gasteiger partial charge in [-0.3, -0.25) is 4.79 Å². The summed E-state index contributed by atoms with van der Waals surface area (Å²) >= 11 is 0. The number of rotatable bonds is 6. The summed E-state index contributed by atoms with van der Waals surface area (Å²) in [4.78, 5) is 14.7. The molecule has 0 heterocycles. The minimum Gasteiger partial charge on any atom is -0.342 e. The SMILES string of the molecule is Cc1cccc(NC(=O)/C(C#N)=C\N(Cc2ccccc2)c2ccccc2)c1C. The summed E-state index contributed by atoms with van der Waals surface area (Å²) in [5.41, 5.74) is 4.82. The van der Waals surface area contributed by atoms with Crippen LogP contribution in [0.15, 0.2) is 90.6 Å². The maximum Gasteiger partial charge on any atom is 0.267 e. The average molecular weight is 381 g/mol. The molecule has 1 amide bonds. The number of nitrogens with one attached hydrogen (secondary N) is 1. The van der Waals surface area contributed by atoms with E-state index in [0.717, 1.165) is 22.4 Å². The Kier molecular flexibility index (Phi) is 6.44. The Morgan fingerprint density at radius 2 is 1.62 bits per heavy atom. The minimum atomic E-state index is -0.421. The van der Waals surface area contributed by atoms with Crippen molar-refractivity contribution < 1.29 is 4.79 Å². The highest BCUT2D eigenvalue weighted by Gasteiger charge is 2.14. The van der Waals surface area contributed by atoms with Crippen molar-refractivity contribution in [1.29, 1.82) is 5.26 Å². The summed E-state index contributed by atoms with van der Waals surface area (Å²) in [6, 6.07) is 27.4. The number of hydrogen-bond donors (Lipinski definition) is 1. The molecular weight excluding hydrogens is 358 g/mol. The maximum absolute atomic E-state index is 12.8. The third-order valence-electron chi connectivity index (χ3n) is 4.79. The Morgan fingerprint density at radius 3 is 2.28 bits per heavy atom. The second-order valence-electron chi connectivity index (χ2n) is 6.81. The van der Waals surface area contributed by atoms with Crippen molar-refractivity contribution in [2.45, 2.75) is 20.4 Å². The summed E-state index contributed by atoms with van der Waals surface area (Å²) in [6.07, 6.45) is 1.61. The van der Waals surface area contributed by atoms with Gasteiger partial charge in [-0.15, -0.1) is 0 Å². The number of amides is 1. The number of nitrogens with zero attached hydrogens (tertiary/aromatic N) is 2. The zero-order valence-corrected chi connectivity index (χ0v) is 16.6. The van der Waals surface area contributed by atoms with E-state index in [2.05, 4.69) is 5.32 Å². The molecule has 0 aromatic heterocycles. The predicted molar refractivity (Wildman–Crippen MR) is 117 cm³/mol. The molecule has 0 atom stereocenters. The molecule has 0 aliphatic rings. The van der Waals surface area contributed by atoms with E-state index in [0.29, 0.717) is 12.2 Å². The van der Waals surface area contributed by atoms with Gasteiger partial charge in [0.05, 0.1) is 0 Å². The Hall–Kier alpha value is -3.84. The molecule has 0 saturated carbocycles. The van der Waals surface area contributed by atoms with Crippen LogP contribution < -0.4 is 10.2 Å². The van der Waals surface area contributed by atoms with E-state index in [-0.39, 0.29) is 5.57 Å². The molecule has 0 saturated heterocycles. The van der Waals surface area contributed by atoms with Gasteiger partial charge in [-0.2, -0.15) is 5.26 Å². The Bertz CT molecular complexity index is 1050. The molecule has 0 aliphatic carbocycles. The molecule has 3 aromatic rings. The van der Waals surface area contributed by atoms with Crippen LogP contribution >= 0.6 is 0 Å². The summed E-state index contributed by atoms with van der Waals surface area (Å²) < 4.78 is 0. The number of carbonyl (C=O) groups is 1. The van der Waals surface area contributed by atoms with E-state index < -0.39 is 5.91 Å². The molecule has 1 N–H and O–H groups in total. The summed E-state index contributed by atoms with van der Waals surface area (Å²) in [5, 5.41) is 12.5. The van der Waals surface area contributed by atoms with Gasteiger partial charge in [0.2, 0.25) is 0 Å². The molecule has 4 nitrogen and oxygen atoms in total. The summed E-state index contributed by atoms with van der Waals surface area (Å²) in [7, 11) is 0. The Morgan fingerprint density at radius 1 is 0.966 bits per heavy atom. The fourth-order valence-electron chi connectivity index (χ4n) is 2.98. The third kappa shape index (κ3) is 5.12. The van der Waals surface area contributed by atoms with Crippen LogP contribution in [-0.4, -0.2) is 5.91 Å². The second-order valence-corrected chi connectivity index (χ2v) is 6.81. The first-order chi connectivity index (χ1) is 14.1. The number of carbonyl (C=O) groups excluding carboxylic acids is 1. The number of anilines is 2. The fraction of sp³-hybridized carbons (Fsp3) is 0.120. The molecule has 144 valence electrons. The van der Waals surface area contributed by atoms with Gasteiger partial charge in [-0.25, -0.2) is 0 Å². The average Bonchev–Trinajstić information content (AvgIpc) is 2.75. The van der Waals surface area contributed by atoms with Gasteiger partial charge in [0.25, 0.3) is 5.91 Å². The molecule has 0 spiro atoms. The van der Waals surface area contributed by atoms with Crippen LogP contribution in [0.25, 0.3) is 0 Å². The highest BCUT2D eigenvalue weighted by molar-refractivity contribution is 6.07. The van der Waals surface area contributed by atoms with Crippen molar-refractivity contribution in [1.82, 2.24) is 0 Å². The lowest BCUT2D eigenvalue weighted by Crippen LogP contribution is -2.21. The predicted octanol–water partition coefficient (Wildman–Crippen LogP) is 5.36. The molecule has 29 heavy (non-hydrogen) atoms. The highest BCUT2D eigenvalue weighted by Crippen LogP contribution is 2.21. The molecule has 4 heteroatoms. The summed E-state index contributed by atoms with van der Waals surface area (Å²) in [6.45, 7) is 4.49. The molecule has 0 radical (unpaired) electrons. The van der Waals surface area contributed by atoms with Gasteiger partial charge in [0, 0.05) is 24.1 Å². The second kappa shape index (κ2) is 9.38. The summed E-state index contributed by atoms with van der Waals surface area (Å²) in [5.74, 6) is -0.421. The van der Waals surface area contributed by atoms with Gasteiger partial charge >= 0.3 is 0 Å². The molecule has 3 aromatic carbocycles. The van der Waals surface area contributed by atoms with E-state index in [9.17, 15) is 10.1 Å². The minimum absolute atomic E-state index is 0.0469. The van der Waals surface area contributed by atoms with E-state index in [4.69, 9.17) is 0 Å². The van der Waals surface area contributed by atoms with Crippen LogP contribution in [0.2, 0.25) is 0 Å².